The summed E-state index contributed by atoms with van der Waals surface area (Å²) in [5, 5.41) is 4.82. The molecule has 4 rings (SSSR count). The molecule has 1 aliphatic heterocycles. The van der Waals surface area contributed by atoms with Crippen LogP contribution in [-0.2, 0) is 4.79 Å². The maximum Gasteiger partial charge on any atom is 0.246 e. The smallest absolute Gasteiger partial charge is 0.246 e. The SMILES string of the molecule is CCN1CCN(C(=O)/C=C/c2cn(-c3ccccc3)nc2-c2ccccc2OC)CC1. The molecule has 0 saturated carbocycles. The standard InChI is InChI=1S/C25H28N4O2/c1-3-27-15-17-28(18-16-27)24(30)14-13-20-19-29(21-9-5-4-6-10-21)26-25(20)22-11-7-8-12-23(22)31-2/h4-14,19H,3,15-18H2,1-2H3/b14-13+. The first-order valence-electron chi connectivity index (χ1n) is 10.7. The van der Waals surface area contributed by atoms with E-state index in [9.17, 15) is 4.79 Å². The Morgan fingerprint density at radius 3 is 2.45 bits per heavy atom. The highest BCUT2D eigenvalue weighted by Gasteiger charge is 2.19. The average molecular weight is 417 g/mol. The third-order valence-electron chi connectivity index (χ3n) is 5.66. The minimum atomic E-state index is 0.0363. The number of benzene rings is 2. The predicted molar refractivity (Wildman–Crippen MR) is 123 cm³/mol. The van der Waals surface area contributed by atoms with Gasteiger partial charge < -0.3 is 14.5 Å². The lowest BCUT2D eigenvalue weighted by Crippen LogP contribution is -2.48. The summed E-state index contributed by atoms with van der Waals surface area (Å²) < 4.78 is 7.40. The van der Waals surface area contributed by atoms with E-state index in [0.29, 0.717) is 0 Å². The zero-order chi connectivity index (χ0) is 21.6. The van der Waals surface area contributed by atoms with E-state index in [1.807, 2.05) is 76.5 Å². The summed E-state index contributed by atoms with van der Waals surface area (Å²) >= 11 is 0. The number of para-hydroxylation sites is 2. The molecule has 6 nitrogen and oxygen atoms in total. The van der Waals surface area contributed by atoms with Gasteiger partial charge >= 0.3 is 0 Å². The van der Waals surface area contributed by atoms with Gasteiger partial charge in [0.2, 0.25) is 5.91 Å². The molecule has 6 heteroatoms. The molecule has 0 N–H and O–H groups in total. The maximum absolute atomic E-state index is 12.8. The number of carbonyl (C=O) groups is 1. The van der Waals surface area contributed by atoms with E-state index in [1.165, 1.54) is 0 Å². The third kappa shape index (κ3) is 4.70. The Hall–Kier alpha value is -3.38. The number of ether oxygens (including phenoxy) is 1. The van der Waals surface area contributed by atoms with Crippen molar-refractivity contribution >= 4 is 12.0 Å². The fourth-order valence-electron chi connectivity index (χ4n) is 3.82. The van der Waals surface area contributed by atoms with Crippen LogP contribution in [0.1, 0.15) is 12.5 Å². The first-order chi connectivity index (χ1) is 15.2. The number of likely N-dealkylation sites (N-methyl/N-ethyl adjacent to an activating group) is 1. The van der Waals surface area contributed by atoms with Crippen LogP contribution >= 0.6 is 0 Å². The van der Waals surface area contributed by atoms with Gasteiger partial charge in [0.1, 0.15) is 11.4 Å². The molecule has 2 aromatic carbocycles. The molecule has 1 amide bonds. The molecule has 1 aliphatic rings. The van der Waals surface area contributed by atoms with Crippen LogP contribution in [0, 0.1) is 0 Å². The van der Waals surface area contributed by atoms with Crippen molar-refractivity contribution in [3.05, 3.63) is 72.4 Å². The second-order valence-electron chi connectivity index (χ2n) is 7.51. The second kappa shape index (κ2) is 9.62. The topological polar surface area (TPSA) is 50.6 Å². The lowest BCUT2D eigenvalue weighted by molar-refractivity contribution is -0.127. The van der Waals surface area contributed by atoms with Crippen LogP contribution in [0.3, 0.4) is 0 Å². The molecule has 0 atom stereocenters. The molecule has 1 saturated heterocycles. The number of nitrogens with zero attached hydrogens (tertiary/aromatic N) is 4. The Kier molecular flexibility index (Phi) is 6.48. The molecule has 2 heterocycles. The van der Waals surface area contributed by atoms with Crippen LogP contribution in [0.5, 0.6) is 5.75 Å². The molecule has 3 aromatic rings. The van der Waals surface area contributed by atoms with Gasteiger partial charge in [-0.1, -0.05) is 37.3 Å². The fourth-order valence-corrected chi connectivity index (χ4v) is 3.82. The normalized spacial score (nSPS) is 14.8. The van der Waals surface area contributed by atoms with Gasteiger partial charge in [-0.25, -0.2) is 4.68 Å². The van der Waals surface area contributed by atoms with Crippen molar-refractivity contribution in [3.63, 3.8) is 0 Å². The van der Waals surface area contributed by atoms with Gasteiger partial charge in [-0.05, 0) is 36.9 Å². The zero-order valence-electron chi connectivity index (χ0n) is 18.1. The Bertz CT molecular complexity index is 1050. The van der Waals surface area contributed by atoms with Crippen molar-refractivity contribution in [2.24, 2.45) is 0 Å². The van der Waals surface area contributed by atoms with Crippen molar-refractivity contribution in [1.82, 2.24) is 19.6 Å². The second-order valence-corrected chi connectivity index (χ2v) is 7.51. The largest absolute Gasteiger partial charge is 0.496 e. The number of hydrogen-bond donors (Lipinski definition) is 0. The number of carbonyl (C=O) groups excluding carboxylic acids is 1. The van der Waals surface area contributed by atoms with E-state index in [0.717, 1.165) is 61.0 Å². The number of methoxy groups -OCH3 is 1. The predicted octanol–water partition coefficient (Wildman–Crippen LogP) is 3.73. The first kappa shape index (κ1) is 20.9. The number of rotatable bonds is 6. The minimum absolute atomic E-state index is 0.0363. The zero-order valence-corrected chi connectivity index (χ0v) is 18.1. The van der Waals surface area contributed by atoms with Crippen LogP contribution in [0.25, 0.3) is 23.0 Å². The molecule has 0 unspecified atom stereocenters. The molecular weight excluding hydrogens is 388 g/mol. The summed E-state index contributed by atoms with van der Waals surface area (Å²) in [6.07, 6.45) is 5.48. The lowest BCUT2D eigenvalue weighted by atomic mass is 10.1. The van der Waals surface area contributed by atoms with Gasteiger partial charge in [-0.15, -0.1) is 0 Å². The van der Waals surface area contributed by atoms with Crippen LogP contribution in [0.15, 0.2) is 66.9 Å². The summed E-state index contributed by atoms with van der Waals surface area (Å²) in [5.74, 6) is 0.784. The minimum Gasteiger partial charge on any atom is -0.496 e. The summed E-state index contributed by atoms with van der Waals surface area (Å²) in [5.41, 5.74) is 3.50. The quantitative estimate of drug-likeness (QED) is 0.575. The van der Waals surface area contributed by atoms with Crippen molar-refractivity contribution in [3.8, 4) is 22.7 Å². The van der Waals surface area contributed by atoms with Gasteiger partial charge in [0.05, 0.1) is 12.8 Å². The summed E-state index contributed by atoms with van der Waals surface area (Å²) in [6, 6.07) is 17.8. The molecule has 1 fully saturated rings. The van der Waals surface area contributed by atoms with Crippen molar-refractivity contribution in [2.45, 2.75) is 6.92 Å². The summed E-state index contributed by atoms with van der Waals surface area (Å²) in [4.78, 5) is 17.1. The van der Waals surface area contributed by atoms with Crippen molar-refractivity contribution < 1.29 is 9.53 Å². The first-order valence-corrected chi connectivity index (χ1v) is 10.7. The highest BCUT2D eigenvalue weighted by atomic mass is 16.5. The Morgan fingerprint density at radius 2 is 1.74 bits per heavy atom. The van der Waals surface area contributed by atoms with E-state index in [4.69, 9.17) is 9.84 Å². The van der Waals surface area contributed by atoms with Gasteiger partial charge in [0, 0.05) is 49.6 Å². The number of piperazine rings is 1. The van der Waals surface area contributed by atoms with E-state index >= 15 is 0 Å². The maximum atomic E-state index is 12.8. The summed E-state index contributed by atoms with van der Waals surface area (Å²) in [6.45, 7) is 6.56. The molecule has 0 aliphatic carbocycles. The van der Waals surface area contributed by atoms with Gasteiger partial charge in [-0.3, -0.25) is 4.79 Å². The van der Waals surface area contributed by atoms with Gasteiger partial charge in [0.15, 0.2) is 0 Å². The molecule has 0 radical (unpaired) electrons. The number of amides is 1. The molecule has 1 aromatic heterocycles. The highest BCUT2D eigenvalue weighted by Crippen LogP contribution is 2.32. The van der Waals surface area contributed by atoms with E-state index in [-0.39, 0.29) is 5.91 Å². The molecule has 0 spiro atoms. The van der Waals surface area contributed by atoms with Gasteiger partial charge in [0.25, 0.3) is 0 Å². The average Bonchev–Trinajstić information content (AvgIpc) is 3.27. The Morgan fingerprint density at radius 1 is 1.03 bits per heavy atom. The van der Waals surface area contributed by atoms with Crippen molar-refractivity contribution in [2.75, 3.05) is 39.8 Å². The fraction of sp³-hybridized carbons (Fsp3) is 0.280. The van der Waals surface area contributed by atoms with Crippen LogP contribution in [0.4, 0.5) is 0 Å². The molecule has 31 heavy (non-hydrogen) atoms. The Labute approximate surface area is 183 Å². The van der Waals surface area contributed by atoms with Crippen LogP contribution in [0.2, 0.25) is 0 Å². The van der Waals surface area contributed by atoms with E-state index < -0.39 is 0 Å². The molecule has 160 valence electrons. The van der Waals surface area contributed by atoms with Crippen LogP contribution < -0.4 is 4.74 Å². The van der Waals surface area contributed by atoms with E-state index in [1.54, 1.807) is 13.2 Å². The van der Waals surface area contributed by atoms with Crippen LogP contribution in [-0.4, -0.2) is 65.3 Å². The van der Waals surface area contributed by atoms with Crippen molar-refractivity contribution in [1.29, 1.82) is 0 Å². The summed E-state index contributed by atoms with van der Waals surface area (Å²) in [7, 11) is 1.65. The third-order valence-corrected chi connectivity index (χ3v) is 5.66. The number of aromatic nitrogens is 2. The highest BCUT2D eigenvalue weighted by molar-refractivity contribution is 5.93. The van der Waals surface area contributed by atoms with E-state index in [2.05, 4.69) is 11.8 Å². The monoisotopic (exact) mass is 416 g/mol. The number of hydrogen-bond acceptors (Lipinski definition) is 4. The molecule has 0 bridgehead atoms. The molecular formula is C25H28N4O2. The van der Waals surface area contributed by atoms with Gasteiger partial charge in [-0.2, -0.15) is 5.10 Å². The Balaban J connectivity index is 1.65. The lowest BCUT2D eigenvalue weighted by Gasteiger charge is -2.33.